The molecule has 108 valence electrons. The zero-order valence-electron chi connectivity index (χ0n) is 11.3. The van der Waals surface area contributed by atoms with E-state index in [4.69, 9.17) is 0 Å². The molecule has 0 radical (unpaired) electrons. The topological polar surface area (TPSA) is 41.1 Å². The highest BCUT2D eigenvalue weighted by Crippen LogP contribution is 2.40. The molecule has 1 saturated carbocycles. The monoisotopic (exact) mass is 280 g/mol. The molecule has 1 spiro atoms. The lowest BCUT2D eigenvalue weighted by Crippen LogP contribution is -2.39. The van der Waals surface area contributed by atoms with Crippen molar-refractivity contribution in [2.45, 2.75) is 38.5 Å². The molecule has 1 fully saturated rings. The zero-order chi connectivity index (χ0) is 14.2. The first kappa shape index (κ1) is 13.3. The summed E-state index contributed by atoms with van der Waals surface area (Å²) in [4.78, 5) is 12.5. The van der Waals surface area contributed by atoms with Crippen LogP contribution in [0.4, 0.5) is 20.2 Å². The lowest BCUT2D eigenvalue weighted by molar-refractivity contribution is -0.125. The number of fused-ring (bicyclic) bond motifs is 1. The predicted molar refractivity (Wildman–Crippen MR) is 73.6 cm³/mol. The maximum Gasteiger partial charge on any atom is 0.232 e. The molecule has 0 atom stereocenters. The van der Waals surface area contributed by atoms with Crippen LogP contribution in [0, 0.1) is 17.0 Å². The number of rotatable bonds is 0. The molecule has 2 aliphatic rings. The molecule has 1 heterocycles. The maximum absolute atomic E-state index is 13.8. The van der Waals surface area contributed by atoms with Crippen molar-refractivity contribution in [3.63, 3.8) is 0 Å². The van der Waals surface area contributed by atoms with E-state index >= 15 is 0 Å². The van der Waals surface area contributed by atoms with E-state index in [1.54, 1.807) is 0 Å². The SMILES string of the molecule is O=C1Nc2ccc(F)c(F)c2NCC12CCCCCC2. The number of nitrogens with one attached hydrogen (secondary N) is 2. The van der Waals surface area contributed by atoms with Crippen molar-refractivity contribution in [2.24, 2.45) is 5.41 Å². The predicted octanol–water partition coefficient (Wildman–Crippen LogP) is 3.67. The maximum atomic E-state index is 13.8. The van der Waals surface area contributed by atoms with Crippen molar-refractivity contribution in [3.8, 4) is 0 Å². The number of hydrogen-bond acceptors (Lipinski definition) is 2. The average molecular weight is 280 g/mol. The highest BCUT2D eigenvalue weighted by atomic mass is 19.2. The van der Waals surface area contributed by atoms with Gasteiger partial charge in [-0.1, -0.05) is 25.7 Å². The minimum atomic E-state index is -0.923. The third kappa shape index (κ3) is 2.15. The number of benzene rings is 1. The zero-order valence-corrected chi connectivity index (χ0v) is 11.3. The van der Waals surface area contributed by atoms with Gasteiger partial charge in [-0.25, -0.2) is 8.78 Å². The number of carbonyl (C=O) groups excluding carboxylic acids is 1. The van der Waals surface area contributed by atoms with Crippen molar-refractivity contribution in [1.82, 2.24) is 0 Å². The van der Waals surface area contributed by atoms with Crippen molar-refractivity contribution in [1.29, 1.82) is 0 Å². The van der Waals surface area contributed by atoms with Gasteiger partial charge in [0, 0.05) is 6.54 Å². The molecule has 3 rings (SSSR count). The van der Waals surface area contributed by atoms with Gasteiger partial charge in [-0.2, -0.15) is 0 Å². The second-order valence-corrected chi connectivity index (χ2v) is 5.79. The van der Waals surface area contributed by atoms with Crippen LogP contribution in [0.3, 0.4) is 0 Å². The van der Waals surface area contributed by atoms with Gasteiger partial charge >= 0.3 is 0 Å². The van der Waals surface area contributed by atoms with Crippen molar-refractivity contribution < 1.29 is 13.6 Å². The summed E-state index contributed by atoms with van der Waals surface area (Å²) in [5, 5.41) is 5.73. The first-order valence-electron chi connectivity index (χ1n) is 7.16. The van der Waals surface area contributed by atoms with Gasteiger partial charge in [0.1, 0.15) is 0 Å². The van der Waals surface area contributed by atoms with E-state index in [1.807, 2.05) is 0 Å². The third-order valence-corrected chi connectivity index (χ3v) is 4.49. The third-order valence-electron chi connectivity index (χ3n) is 4.49. The molecule has 0 bridgehead atoms. The van der Waals surface area contributed by atoms with E-state index in [1.165, 1.54) is 6.07 Å². The van der Waals surface area contributed by atoms with Crippen LogP contribution in [0.5, 0.6) is 0 Å². The molecule has 1 aromatic carbocycles. The summed E-state index contributed by atoms with van der Waals surface area (Å²) in [6.07, 6.45) is 5.86. The number of halogens is 2. The highest BCUT2D eigenvalue weighted by molar-refractivity contribution is 6.00. The molecule has 2 N–H and O–H groups in total. The standard InChI is InChI=1S/C15H18F2N2O/c16-10-5-6-11-13(12(10)17)18-9-15(14(20)19-11)7-3-1-2-4-8-15/h5-6,18H,1-4,7-9H2,(H,19,20). The Morgan fingerprint density at radius 3 is 2.45 bits per heavy atom. The van der Waals surface area contributed by atoms with Gasteiger partial charge in [-0.3, -0.25) is 4.79 Å². The first-order valence-corrected chi connectivity index (χ1v) is 7.16. The number of amides is 1. The number of anilines is 2. The Bertz CT molecular complexity index is 537. The van der Waals surface area contributed by atoms with E-state index in [-0.39, 0.29) is 11.6 Å². The van der Waals surface area contributed by atoms with Crippen molar-refractivity contribution in [2.75, 3.05) is 17.2 Å². The van der Waals surface area contributed by atoms with Crippen LogP contribution in [-0.4, -0.2) is 12.5 Å². The summed E-state index contributed by atoms with van der Waals surface area (Å²) in [6, 6.07) is 2.45. The summed E-state index contributed by atoms with van der Waals surface area (Å²) in [6.45, 7) is 0.367. The lowest BCUT2D eigenvalue weighted by Gasteiger charge is -2.29. The molecule has 1 amide bonds. The summed E-state index contributed by atoms with van der Waals surface area (Å²) in [5.74, 6) is -1.90. The Morgan fingerprint density at radius 2 is 1.75 bits per heavy atom. The summed E-state index contributed by atoms with van der Waals surface area (Å²) >= 11 is 0. The van der Waals surface area contributed by atoms with Crippen LogP contribution >= 0.6 is 0 Å². The van der Waals surface area contributed by atoms with Gasteiger partial charge in [-0.05, 0) is 25.0 Å². The van der Waals surface area contributed by atoms with Crippen LogP contribution in [0.1, 0.15) is 38.5 Å². The molecule has 1 aliphatic heterocycles. The van der Waals surface area contributed by atoms with Gasteiger partial charge < -0.3 is 10.6 Å². The summed E-state index contributed by atoms with van der Waals surface area (Å²) in [7, 11) is 0. The molecule has 0 unspecified atom stereocenters. The lowest BCUT2D eigenvalue weighted by atomic mass is 9.79. The van der Waals surface area contributed by atoms with Gasteiger partial charge in [0.25, 0.3) is 0 Å². The van der Waals surface area contributed by atoms with Crippen LogP contribution in [0.25, 0.3) is 0 Å². The van der Waals surface area contributed by atoms with Crippen molar-refractivity contribution in [3.05, 3.63) is 23.8 Å². The molecular formula is C15H18F2N2O. The molecule has 0 saturated heterocycles. The fourth-order valence-corrected chi connectivity index (χ4v) is 3.23. The normalized spacial score (nSPS) is 21.4. The fraction of sp³-hybridized carbons (Fsp3) is 0.533. The summed E-state index contributed by atoms with van der Waals surface area (Å²) in [5.41, 5.74) is -0.104. The van der Waals surface area contributed by atoms with E-state index in [0.29, 0.717) is 12.2 Å². The van der Waals surface area contributed by atoms with Gasteiger partial charge in [-0.15, -0.1) is 0 Å². The Labute approximate surface area is 116 Å². The minimum absolute atomic E-state index is 0.0690. The molecule has 0 aromatic heterocycles. The molecule has 1 aliphatic carbocycles. The molecular weight excluding hydrogens is 262 g/mol. The Balaban J connectivity index is 1.95. The molecule has 3 nitrogen and oxygen atoms in total. The molecule has 1 aromatic rings. The first-order chi connectivity index (χ1) is 9.62. The van der Waals surface area contributed by atoms with E-state index < -0.39 is 17.0 Å². The highest BCUT2D eigenvalue weighted by Gasteiger charge is 2.40. The van der Waals surface area contributed by atoms with Crippen LogP contribution < -0.4 is 10.6 Å². The van der Waals surface area contributed by atoms with E-state index in [2.05, 4.69) is 10.6 Å². The molecule has 20 heavy (non-hydrogen) atoms. The largest absolute Gasteiger partial charge is 0.380 e. The fourth-order valence-electron chi connectivity index (χ4n) is 3.23. The average Bonchev–Trinajstić information content (AvgIpc) is 2.75. The Hall–Kier alpha value is -1.65. The Kier molecular flexibility index (Phi) is 3.36. The quantitative estimate of drug-likeness (QED) is 0.761. The number of carbonyl (C=O) groups is 1. The second kappa shape index (κ2) is 5.04. The van der Waals surface area contributed by atoms with Crippen LogP contribution in [0.15, 0.2) is 12.1 Å². The van der Waals surface area contributed by atoms with Gasteiger partial charge in [0.2, 0.25) is 5.91 Å². The van der Waals surface area contributed by atoms with Crippen molar-refractivity contribution >= 4 is 17.3 Å². The summed E-state index contributed by atoms with van der Waals surface area (Å²) < 4.78 is 27.1. The molecule has 5 heteroatoms. The van der Waals surface area contributed by atoms with E-state index in [9.17, 15) is 13.6 Å². The van der Waals surface area contributed by atoms with Crippen LogP contribution in [0.2, 0.25) is 0 Å². The van der Waals surface area contributed by atoms with Crippen LogP contribution in [-0.2, 0) is 4.79 Å². The smallest absolute Gasteiger partial charge is 0.232 e. The van der Waals surface area contributed by atoms with Gasteiger partial charge in [0.15, 0.2) is 11.6 Å². The van der Waals surface area contributed by atoms with E-state index in [0.717, 1.165) is 44.6 Å². The number of hydrogen-bond donors (Lipinski definition) is 2. The second-order valence-electron chi connectivity index (χ2n) is 5.79. The Morgan fingerprint density at radius 1 is 1.05 bits per heavy atom. The minimum Gasteiger partial charge on any atom is -0.380 e. The van der Waals surface area contributed by atoms with Gasteiger partial charge in [0.05, 0.1) is 16.8 Å².